The largest absolute Gasteiger partial charge is 0.392 e. The summed E-state index contributed by atoms with van der Waals surface area (Å²) in [5.41, 5.74) is 0. The average Bonchev–Trinajstić information content (AvgIpc) is 2.75. The fourth-order valence-electron chi connectivity index (χ4n) is 2.75. The molecule has 1 aromatic rings. The molecule has 2 nitrogen and oxygen atoms in total. The zero-order chi connectivity index (χ0) is 13.0. The van der Waals surface area contributed by atoms with Crippen molar-refractivity contribution in [3.8, 4) is 0 Å². The van der Waals surface area contributed by atoms with E-state index >= 15 is 0 Å². The second-order valence-electron chi connectivity index (χ2n) is 5.26. The minimum Gasteiger partial charge on any atom is -0.392 e. The lowest BCUT2D eigenvalue weighted by Gasteiger charge is -2.35. The lowest BCUT2D eigenvalue weighted by Crippen LogP contribution is -2.40. The Labute approximate surface area is 122 Å². The highest BCUT2D eigenvalue weighted by atomic mass is 79.9. The molecule has 1 aliphatic carbocycles. The van der Waals surface area contributed by atoms with E-state index in [1.165, 1.54) is 41.5 Å². The molecule has 1 unspecified atom stereocenters. The van der Waals surface area contributed by atoms with Gasteiger partial charge in [0.2, 0.25) is 0 Å². The summed E-state index contributed by atoms with van der Waals surface area (Å²) < 4.78 is 1.21. The van der Waals surface area contributed by atoms with Crippen molar-refractivity contribution in [2.24, 2.45) is 0 Å². The maximum atomic E-state index is 9.70. The molecule has 1 fully saturated rings. The number of halogens is 1. The van der Waals surface area contributed by atoms with Gasteiger partial charge in [-0.2, -0.15) is 0 Å². The van der Waals surface area contributed by atoms with E-state index < -0.39 is 0 Å². The number of hydrogen-bond donors (Lipinski definition) is 1. The summed E-state index contributed by atoms with van der Waals surface area (Å²) in [4.78, 5) is 3.85. The topological polar surface area (TPSA) is 23.5 Å². The number of thiophene rings is 1. The van der Waals surface area contributed by atoms with Crippen LogP contribution in [0.5, 0.6) is 0 Å². The first-order valence-corrected chi connectivity index (χ1v) is 8.48. The van der Waals surface area contributed by atoms with Crippen molar-refractivity contribution < 1.29 is 5.11 Å². The summed E-state index contributed by atoms with van der Waals surface area (Å²) in [6.07, 6.45) is 6.39. The SMILES string of the molecule is CC(O)CN(Cc1sccc1Br)C1CCCCC1. The molecule has 4 heteroatoms. The highest BCUT2D eigenvalue weighted by molar-refractivity contribution is 9.10. The van der Waals surface area contributed by atoms with Gasteiger partial charge in [0.05, 0.1) is 6.10 Å². The Balaban J connectivity index is 2.02. The summed E-state index contributed by atoms with van der Waals surface area (Å²) >= 11 is 5.41. The van der Waals surface area contributed by atoms with Crippen LogP contribution in [-0.4, -0.2) is 28.7 Å². The van der Waals surface area contributed by atoms with Gasteiger partial charge in [0, 0.05) is 28.5 Å². The first kappa shape index (κ1) is 14.5. The van der Waals surface area contributed by atoms with Crippen molar-refractivity contribution in [1.82, 2.24) is 4.90 Å². The molecule has 102 valence electrons. The first-order valence-electron chi connectivity index (χ1n) is 6.81. The summed E-state index contributed by atoms with van der Waals surface area (Å²) in [5, 5.41) is 11.8. The highest BCUT2D eigenvalue weighted by Gasteiger charge is 2.23. The number of hydrogen-bond acceptors (Lipinski definition) is 3. The maximum Gasteiger partial charge on any atom is 0.0639 e. The summed E-state index contributed by atoms with van der Waals surface area (Å²) in [6, 6.07) is 2.77. The number of aliphatic hydroxyl groups is 1. The highest BCUT2D eigenvalue weighted by Crippen LogP contribution is 2.28. The lowest BCUT2D eigenvalue weighted by molar-refractivity contribution is 0.0775. The van der Waals surface area contributed by atoms with Crippen LogP contribution in [0.25, 0.3) is 0 Å². The Morgan fingerprint density at radius 3 is 2.72 bits per heavy atom. The van der Waals surface area contributed by atoms with Crippen LogP contribution in [0.4, 0.5) is 0 Å². The van der Waals surface area contributed by atoms with Crippen molar-refractivity contribution >= 4 is 27.3 Å². The first-order chi connectivity index (χ1) is 8.66. The Hall–Kier alpha value is 0.100. The van der Waals surface area contributed by atoms with Gasteiger partial charge in [0.15, 0.2) is 0 Å². The Bertz CT molecular complexity index is 360. The second-order valence-corrected chi connectivity index (χ2v) is 7.12. The zero-order valence-electron chi connectivity index (χ0n) is 10.9. The van der Waals surface area contributed by atoms with E-state index in [1.807, 2.05) is 6.92 Å². The van der Waals surface area contributed by atoms with Gasteiger partial charge in [-0.15, -0.1) is 11.3 Å². The van der Waals surface area contributed by atoms with Crippen LogP contribution in [0, 0.1) is 0 Å². The number of nitrogens with zero attached hydrogens (tertiary/aromatic N) is 1. The molecule has 1 aromatic heterocycles. The van der Waals surface area contributed by atoms with Crippen molar-refractivity contribution in [1.29, 1.82) is 0 Å². The molecule has 1 heterocycles. The molecule has 0 aliphatic heterocycles. The van der Waals surface area contributed by atoms with Crippen LogP contribution in [0.1, 0.15) is 43.9 Å². The zero-order valence-corrected chi connectivity index (χ0v) is 13.3. The summed E-state index contributed by atoms with van der Waals surface area (Å²) in [7, 11) is 0. The lowest BCUT2D eigenvalue weighted by atomic mass is 9.94. The van der Waals surface area contributed by atoms with Crippen LogP contribution in [0.2, 0.25) is 0 Å². The molecule has 0 aromatic carbocycles. The molecule has 0 amide bonds. The Morgan fingerprint density at radius 2 is 2.17 bits per heavy atom. The van der Waals surface area contributed by atoms with E-state index in [0.29, 0.717) is 6.04 Å². The number of rotatable bonds is 5. The van der Waals surface area contributed by atoms with Gasteiger partial charge >= 0.3 is 0 Å². The molecule has 0 spiro atoms. The summed E-state index contributed by atoms with van der Waals surface area (Å²) in [5.74, 6) is 0. The average molecular weight is 332 g/mol. The molecule has 18 heavy (non-hydrogen) atoms. The molecule has 0 bridgehead atoms. The van der Waals surface area contributed by atoms with Crippen LogP contribution in [0.15, 0.2) is 15.9 Å². The molecular formula is C14H22BrNOS. The predicted molar refractivity (Wildman–Crippen MR) is 81.0 cm³/mol. The molecule has 1 N–H and O–H groups in total. The molecule has 2 rings (SSSR count). The quantitative estimate of drug-likeness (QED) is 0.880. The molecule has 0 saturated heterocycles. The van der Waals surface area contributed by atoms with Gasteiger partial charge in [-0.25, -0.2) is 0 Å². The van der Waals surface area contributed by atoms with Gasteiger partial charge in [-0.3, -0.25) is 4.90 Å². The van der Waals surface area contributed by atoms with E-state index in [1.54, 1.807) is 11.3 Å². The maximum absolute atomic E-state index is 9.70. The fraction of sp³-hybridized carbons (Fsp3) is 0.714. The van der Waals surface area contributed by atoms with E-state index in [0.717, 1.165) is 13.1 Å². The molecule has 1 aliphatic rings. The van der Waals surface area contributed by atoms with E-state index in [4.69, 9.17) is 0 Å². The van der Waals surface area contributed by atoms with Crippen molar-refractivity contribution in [3.63, 3.8) is 0 Å². The van der Waals surface area contributed by atoms with Crippen LogP contribution < -0.4 is 0 Å². The monoisotopic (exact) mass is 331 g/mol. The predicted octanol–water partition coefficient (Wildman–Crippen LogP) is 4.03. The van der Waals surface area contributed by atoms with E-state index in [-0.39, 0.29) is 6.10 Å². The molecule has 1 saturated carbocycles. The smallest absolute Gasteiger partial charge is 0.0639 e. The van der Waals surface area contributed by atoms with Crippen LogP contribution >= 0.6 is 27.3 Å². The van der Waals surface area contributed by atoms with Crippen molar-refractivity contribution in [2.75, 3.05) is 6.54 Å². The van der Waals surface area contributed by atoms with E-state index in [9.17, 15) is 5.11 Å². The summed E-state index contributed by atoms with van der Waals surface area (Å²) in [6.45, 7) is 3.64. The van der Waals surface area contributed by atoms with Gasteiger partial charge < -0.3 is 5.11 Å². The van der Waals surface area contributed by atoms with Crippen molar-refractivity contribution in [2.45, 2.75) is 57.7 Å². The molecule has 0 radical (unpaired) electrons. The Kier molecular flexibility index (Phi) is 5.67. The minimum atomic E-state index is -0.245. The standard InChI is InChI=1S/C14H22BrNOS/c1-11(17)9-16(12-5-3-2-4-6-12)10-14-13(15)7-8-18-14/h7-8,11-12,17H,2-6,9-10H2,1H3. The van der Waals surface area contributed by atoms with Gasteiger partial charge in [-0.1, -0.05) is 19.3 Å². The van der Waals surface area contributed by atoms with Gasteiger partial charge in [0.25, 0.3) is 0 Å². The normalized spacial score (nSPS) is 19.3. The van der Waals surface area contributed by atoms with Gasteiger partial charge in [0.1, 0.15) is 0 Å². The third-order valence-corrected chi connectivity index (χ3v) is 5.54. The van der Waals surface area contributed by atoms with Crippen LogP contribution in [-0.2, 0) is 6.54 Å². The fourth-order valence-corrected chi connectivity index (χ4v) is 4.25. The third kappa shape index (κ3) is 4.05. The molecule has 1 atom stereocenters. The number of aliphatic hydroxyl groups excluding tert-OH is 1. The van der Waals surface area contributed by atoms with E-state index in [2.05, 4.69) is 32.3 Å². The van der Waals surface area contributed by atoms with Gasteiger partial charge in [-0.05, 0) is 47.1 Å². The minimum absolute atomic E-state index is 0.245. The van der Waals surface area contributed by atoms with Crippen molar-refractivity contribution in [3.05, 3.63) is 20.8 Å². The third-order valence-electron chi connectivity index (χ3n) is 3.63. The van der Waals surface area contributed by atoms with Crippen LogP contribution in [0.3, 0.4) is 0 Å². The molecular weight excluding hydrogens is 310 g/mol. The Morgan fingerprint density at radius 1 is 1.44 bits per heavy atom. The second kappa shape index (κ2) is 7.04.